The maximum Gasteiger partial charge on any atom is 1.00 e. The van der Waals surface area contributed by atoms with E-state index in [1.165, 1.54) is 48.5 Å². The third kappa shape index (κ3) is 24.3. The maximum atomic E-state index is 13.6. The third-order valence-corrected chi connectivity index (χ3v) is 15.7. The number of amides is 6. The van der Waals surface area contributed by atoms with Crippen molar-refractivity contribution in [2.24, 2.45) is 11.5 Å². The summed E-state index contributed by atoms with van der Waals surface area (Å²) in [7, 11) is -18.2. The van der Waals surface area contributed by atoms with Crippen molar-refractivity contribution in [2.45, 2.75) is 120 Å². The molecule has 4 rings (SSSR count). The van der Waals surface area contributed by atoms with Crippen LogP contribution in [0.15, 0.2) is 117 Å². The number of carbonyl (C=O) groups is 7. The van der Waals surface area contributed by atoms with E-state index in [0.29, 0.717) is 11.1 Å². The molecule has 0 aromatic heterocycles. The van der Waals surface area contributed by atoms with Gasteiger partial charge in [0.25, 0.3) is 40.5 Å². The van der Waals surface area contributed by atoms with E-state index in [9.17, 15) is 95.7 Å². The molecule has 4 aromatic carbocycles. The molecule has 0 saturated carbocycles. The quantitative estimate of drug-likeness (QED) is 0.0127. The summed E-state index contributed by atoms with van der Waals surface area (Å²) in [5.74, 6) is -6.61. The first kappa shape index (κ1) is 70.8. The zero-order valence-electron chi connectivity index (χ0n) is 44.3. The van der Waals surface area contributed by atoms with Crippen molar-refractivity contribution in [2.75, 3.05) is 13.1 Å². The molecule has 0 saturated heterocycles. The average Bonchev–Trinajstić information content (AvgIpc) is 3.47. The molecule has 16 N–H and O–H groups in total. The van der Waals surface area contributed by atoms with Gasteiger partial charge in [-0.25, -0.2) is 14.4 Å². The van der Waals surface area contributed by atoms with Crippen LogP contribution < -0.4 is 72.9 Å². The first-order chi connectivity index (χ1) is 38.2. The molecule has 6 unspecified atom stereocenters. The number of carbonyl (C=O) groups excluding carboxylic acids is 5. The van der Waals surface area contributed by atoms with Crippen LogP contribution in [0.25, 0.3) is 0 Å². The zero-order valence-corrected chi connectivity index (χ0v) is 49.5. The molecular weight excluding hydrogens is 1190 g/mol. The van der Waals surface area contributed by atoms with Gasteiger partial charge in [0.1, 0.15) is 24.2 Å². The molecule has 83 heavy (non-hydrogen) atoms. The fourth-order valence-corrected chi connectivity index (χ4v) is 9.73. The van der Waals surface area contributed by atoms with E-state index in [2.05, 4.69) is 31.9 Å². The summed E-state index contributed by atoms with van der Waals surface area (Å²) < 4.78 is 129. The van der Waals surface area contributed by atoms with Gasteiger partial charge in [0, 0.05) is 25.9 Å². The molecule has 0 spiro atoms. The number of unbranched alkanes of at least 4 members (excludes halogenated alkanes) is 2. The number of hydrogen-bond donors (Lipinski definition) is 14. The number of rotatable bonds is 32. The number of urea groups is 1. The van der Waals surface area contributed by atoms with Crippen molar-refractivity contribution in [3.05, 3.63) is 119 Å². The molecule has 4 aromatic rings. The molecule has 448 valence electrons. The molecule has 0 fully saturated rings. The minimum Gasteiger partial charge on any atom is -0.480 e. The predicted molar refractivity (Wildman–Crippen MR) is 288 cm³/mol. The topological polar surface area (TPSA) is 502 Å². The van der Waals surface area contributed by atoms with E-state index in [-0.39, 0.29) is 118 Å². The molecule has 0 radical (unpaired) electrons. The van der Waals surface area contributed by atoms with Gasteiger partial charge in [-0.3, -0.25) is 37.4 Å². The number of carboxylic acids is 2. The van der Waals surface area contributed by atoms with Gasteiger partial charge in [-0.2, -0.15) is 33.7 Å². The maximum absolute atomic E-state index is 13.6. The standard InChI is InChI=1S/C49H62N8O21S4.Na/c50-37(25-29-7-15-33(16-8-29)79(67,68)69)43(58)54-39(45(60)56-41(47(62)63)27-31-11-19-35(20-12-31)81(73,74)75)5-1-3-23-52-49(66)53-24-4-2-6-40(55-44(59)38(51)26-30-9-17-34(18-10-30)80(70,71)72)46(61)57-42(48(64)65)28-32-13-21-36(22-14-32)82(76,77)78;/h7-22,37-42H,1-6,23-28,50-51H2,(H,54,58)(H,55,59)(H,56,60)(H,57,61)(H,62,63)(H,64,65)(H2,52,53,66)(H,67,68,69)(H,70,71,72)(H,73,74,75)(H,76,77,78);/q;+1. The Bertz CT molecular complexity index is 3160. The van der Waals surface area contributed by atoms with Gasteiger partial charge in [-0.1, -0.05) is 48.5 Å². The second kappa shape index (κ2) is 32.0. The van der Waals surface area contributed by atoms with Gasteiger partial charge in [0.05, 0.1) is 31.7 Å². The Morgan fingerprint density at radius 1 is 0.373 bits per heavy atom. The van der Waals surface area contributed by atoms with Crippen LogP contribution >= 0.6 is 0 Å². The number of aliphatic carboxylic acids is 2. The number of carboxylic acid groups (broad SMARTS) is 2. The Labute approximate surface area is 499 Å². The van der Waals surface area contributed by atoms with Crippen molar-refractivity contribution < 1.29 is 125 Å². The summed E-state index contributed by atoms with van der Waals surface area (Å²) in [6.45, 7) is 0.0260. The van der Waals surface area contributed by atoms with Crippen LogP contribution in [-0.2, 0) is 94.9 Å². The van der Waals surface area contributed by atoms with Crippen LogP contribution in [0.3, 0.4) is 0 Å². The monoisotopic (exact) mass is 1250 g/mol. The van der Waals surface area contributed by atoms with E-state index >= 15 is 0 Å². The van der Waals surface area contributed by atoms with Crippen LogP contribution in [0.1, 0.15) is 60.8 Å². The van der Waals surface area contributed by atoms with Crippen molar-refractivity contribution in [1.29, 1.82) is 0 Å². The van der Waals surface area contributed by atoms with E-state index in [4.69, 9.17) is 11.5 Å². The van der Waals surface area contributed by atoms with E-state index in [1.54, 1.807) is 0 Å². The minimum atomic E-state index is -4.56. The molecular formula is C49H62N8NaO21S4+. The third-order valence-electron chi connectivity index (χ3n) is 12.3. The summed E-state index contributed by atoms with van der Waals surface area (Å²) in [5, 5.41) is 34.8. The van der Waals surface area contributed by atoms with Crippen LogP contribution in [0.4, 0.5) is 4.79 Å². The second-order valence-electron chi connectivity index (χ2n) is 18.6. The van der Waals surface area contributed by atoms with Crippen LogP contribution in [-0.4, -0.2) is 153 Å². The Hall–Kier alpha value is -6.47. The summed E-state index contributed by atoms with van der Waals surface area (Å²) in [4.78, 5) is 89.5. The number of nitrogens with two attached hydrogens (primary N) is 2. The van der Waals surface area contributed by atoms with Crippen LogP contribution in [0, 0.1) is 0 Å². The Morgan fingerprint density at radius 3 is 0.855 bits per heavy atom. The van der Waals surface area contributed by atoms with Gasteiger partial charge in [0.2, 0.25) is 23.6 Å². The Balaban J connectivity index is 0.0000181. The SMILES string of the molecule is NC(Cc1ccc(S(=O)(=O)O)cc1)C(=O)NC(CCCCNC(=O)NCCCCC(NC(=O)C(N)Cc1ccc(S(=O)(=O)O)cc1)C(=O)NC(Cc1ccc(S(=O)(=O)O)cc1)C(=O)O)C(=O)NC(Cc1ccc(S(=O)(=O)O)cc1)C(=O)O.[Na+]. The Morgan fingerprint density at radius 2 is 0.614 bits per heavy atom. The normalized spacial score (nSPS) is 14.0. The molecule has 6 amide bonds. The molecule has 0 aliphatic carbocycles. The molecule has 34 heteroatoms. The first-order valence-electron chi connectivity index (χ1n) is 24.7. The first-order valence-corrected chi connectivity index (χ1v) is 30.4. The summed E-state index contributed by atoms with van der Waals surface area (Å²) in [6.07, 6.45) is -0.602. The zero-order chi connectivity index (χ0) is 61.2. The summed E-state index contributed by atoms with van der Waals surface area (Å²) >= 11 is 0. The molecule has 0 bridgehead atoms. The van der Waals surface area contributed by atoms with Gasteiger partial charge in [-0.15, -0.1) is 0 Å². The van der Waals surface area contributed by atoms with Gasteiger partial charge < -0.3 is 53.6 Å². The van der Waals surface area contributed by atoms with Crippen molar-refractivity contribution in [3.63, 3.8) is 0 Å². The fourth-order valence-electron chi connectivity index (χ4n) is 7.81. The summed E-state index contributed by atoms with van der Waals surface area (Å²) in [5.41, 5.74) is 13.5. The largest absolute Gasteiger partial charge is 1.00 e. The van der Waals surface area contributed by atoms with E-state index in [0.717, 1.165) is 48.5 Å². The molecule has 0 aliphatic heterocycles. The van der Waals surface area contributed by atoms with Crippen LogP contribution in [0.5, 0.6) is 0 Å². The Kier molecular flexibility index (Phi) is 27.3. The summed E-state index contributed by atoms with van der Waals surface area (Å²) in [6, 6.07) is 9.30. The van der Waals surface area contributed by atoms with E-state index < -0.39 is 138 Å². The van der Waals surface area contributed by atoms with Crippen molar-refractivity contribution in [1.82, 2.24) is 31.9 Å². The average molecular weight is 1250 g/mol. The fraction of sp³-hybridized carbons (Fsp3) is 0.367. The van der Waals surface area contributed by atoms with Gasteiger partial charge >= 0.3 is 47.5 Å². The van der Waals surface area contributed by atoms with Gasteiger partial charge in [-0.05, 0) is 122 Å². The minimum absolute atomic E-state index is 0. The van der Waals surface area contributed by atoms with Crippen molar-refractivity contribution >= 4 is 82.1 Å². The molecule has 6 atom stereocenters. The van der Waals surface area contributed by atoms with Crippen molar-refractivity contribution in [3.8, 4) is 0 Å². The number of hydrogen-bond acceptors (Lipinski definition) is 17. The number of nitrogens with one attached hydrogen (secondary N) is 6. The van der Waals surface area contributed by atoms with Crippen LogP contribution in [0.2, 0.25) is 0 Å². The van der Waals surface area contributed by atoms with Gasteiger partial charge in [0.15, 0.2) is 0 Å². The molecule has 29 nitrogen and oxygen atoms in total. The second-order valence-corrected chi connectivity index (χ2v) is 24.3. The predicted octanol–water partition coefficient (Wildman–Crippen LogP) is -3.65. The smallest absolute Gasteiger partial charge is 0.480 e. The van der Waals surface area contributed by atoms with E-state index in [1.807, 2.05) is 0 Å². The molecule has 0 aliphatic rings. The molecule has 0 heterocycles. The number of benzene rings is 4.